The minimum Gasteiger partial charge on any atom is -0.497 e. The highest BCUT2D eigenvalue weighted by Crippen LogP contribution is 2.13. The lowest BCUT2D eigenvalue weighted by atomic mass is 10.1. The van der Waals surface area contributed by atoms with Crippen LogP contribution >= 0.6 is 0 Å². The maximum absolute atomic E-state index is 11.9. The average Bonchev–Trinajstić information content (AvgIpc) is 2.65. The maximum atomic E-state index is 11.9. The molecule has 0 aromatic heterocycles. The Labute approximate surface area is 154 Å². The summed E-state index contributed by atoms with van der Waals surface area (Å²) in [7, 11) is 1.66. The molecule has 0 radical (unpaired) electrons. The molecule has 3 nitrogen and oxygen atoms in total. The second-order valence-corrected chi connectivity index (χ2v) is 6.88. The van der Waals surface area contributed by atoms with Crippen molar-refractivity contribution in [2.45, 2.75) is 84.0 Å². The van der Waals surface area contributed by atoms with E-state index in [9.17, 15) is 4.79 Å². The SMILES string of the molecule is CCCCCCCCCCCCNC(=O)CCc1ccc(OC)cc1. The van der Waals surface area contributed by atoms with Crippen molar-refractivity contribution in [1.29, 1.82) is 0 Å². The Kier molecular flexibility index (Phi) is 12.7. The van der Waals surface area contributed by atoms with Crippen molar-refractivity contribution in [2.75, 3.05) is 13.7 Å². The van der Waals surface area contributed by atoms with Crippen LogP contribution < -0.4 is 10.1 Å². The molecular formula is C22H37NO2. The maximum Gasteiger partial charge on any atom is 0.220 e. The smallest absolute Gasteiger partial charge is 0.220 e. The molecule has 1 N–H and O–H groups in total. The van der Waals surface area contributed by atoms with E-state index in [1.807, 2.05) is 24.3 Å². The van der Waals surface area contributed by atoms with Crippen LogP contribution in [0.5, 0.6) is 5.75 Å². The standard InChI is InChI=1S/C22H37NO2/c1-3-4-5-6-7-8-9-10-11-12-19-23-22(24)18-15-20-13-16-21(25-2)17-14-20/h13-14,16-17H,3-12,15,18-19H2,1-2H3,(H,23,24). The molecule has 1 rings (SSSR count). The zero-order valence-corrected chi connectivity index (χ0v) is 16.3. The van der Waals surface area contributed by atoms with E-state index >= 15 is 0 Å². The van der Waals surface area contributed by atoms with Crippen LogP contribution in [0.3, 0.4) is 0 Å². The summed E-state index contributed by atoms with van der Waals surface area (Å²) in [6.45, 7) is 3.08. The summed E-state index contributed by atoms with van der Waals surface area (Å²) in [5.74, 6) is 1.01. The van der Waals surface area contributed by atoms with Crippen LogP contribution in [0.15, 0.2) is 24.3 Å². The molecule has 0 saturated heterocycles. The van der Waals surface area contributed by atoms with E-state index in [1.165, 1.54) is 63.4 Å². The number of amides is 1. The highest BCUT2D eigenvalue weighted by molar-refractivity contribution is 5.76. The van der Waals surface area contributed by atoms with Gasteiger partial charge in [-0.3, -0.25) is 4.79 Å². The number of benzene rings is 1. The summed E-state index contributed by atoms with van der Waals surface area (Å²) in [6.07, 6.45) is 14.6. The summed E-state index contributed by atoms with van der Waals surface area (Å²) >= 11 is 0. The molecule has 0 heterocycles. The van der Waals surface area contributed by atoms with E-state index in [0.717, 1.165) is 25.1 Å². The number of ether oxygens (including phenoxy) is 1. The molecule has 0 aliphatic rings. The first-order valence-electron chi connectivity index (χ1n) is 10.2. The van der Waals surface area contributed by atoms with Crippen molar-refractivity contribution in [2.24, 2.45) is 0 Å². The van der Waals surface area contributed by atoms with E-state index in [2.05, 4.69) is 12.2 Å². The summed E-state index contributed by atoms with van der Waals surface area (Å²) in [4.78, 5) is 11.9. The van der Waals surface area contributed by atoms with Gasteiger partial charge in [-0.1, -0.05) is 76.8 Å². The fraction of sp³-hybridized carbons (Fsp3) is 0.682. The molecule has 0 unspecified atom stereocenters. The second kappa shape index (κ2) is 14.8. The Hall–Kier alpha value is -1.51. The Bertz CT molecular complexity index is 442. The molecule has 0 fully saturated rings. The van der Waals surface area contributed by atoms with Crippen LogP contribution in [-0.4, -0.2) is 19.6 Å². The van der Waals surface area contributed by atoms with E-state index in [-0.39, 0.29) is 5.91 Å². The Morgan fingerprint density at radius 3 is 2.00 bits per heavy atom. The molecule has 0 spiro atoms. The zero-order chi connectivity index (χ0) is 18.2. The molecule has 25 heavy (non-hydrogen) atoms. The molecule has 0 bridgehead atoms. The zero-order valence-electron chi connectivity index (χ0n) is 16.3. The number of aryl methyl sites for hydroxylation is 1. The Morgan fingerprint density at radius 2 is 1.44 bits per heavy atom. The number of nitrogens with one attached hydrogen (secondary N) is 1. The highest BCUT2D eigenvalue weighted by atomic mass is 16.5. The number of methoxy groups -OCH3 is 1. The summed E-state index contributed by atoms with van der Waals surface area (Å²) in [5, 5.41) is 3.04. The molecular weight excluding hydrogens is 310 g/mol. The summed E-state index contributed by atoms with van der Waals surface area (Å²) in [6, 6.07) is 7.93. The van der Waals surface area contributed by atoms with Crippen molar-refractivity contribution in [3.05, 3.63) is 29.8 Å². The lowest BCUT2D eigenvalue weighted by Crippen LogP contribution is -2.24. The minimum atomic E-state index is 0.159. The van der Waals surface area contributed by atoms with Gasteiger partial charge < -0.3 is 10.1 Å². The Balaban J connectivity index is 1.91. The van der Waals surface area contributed by atoms with E-state index < -0.39 is 0 Å². The molecule has 3 heteroatoms. The van der Waals surface area contributed by atoms with Crippen LogP contribution in [0.4, 0.5) is 0 Å². The number of carbonyl (C=O) groups is 1. The van der Waals surface area contributed by atoms with Gasteiger partial charge in [0.15, 0.2) is 0 Å². The average molecular weight is 348 g/mol. The number of carbonyl (C=O) groups excluding carboxylic acids is 1. The first-order valence-corrected chi connectivity index (χ1v) is 10.2. The number of rotatable bonds is 15. The lowest BCUT2D eigenvalue weighted by molar-refractivity contribution is -0.121. The van der Waals surface area contributed by atoms with Gasteiger partial charge >= 0.3 is 0 Å². The van der Waals surface area contributed by atoms with E-state index in [0.29, 0.717) is 6.42 Å². The minimum absolute atomic E-state index is 0.159. The summed E-state index contributed by atoms with van der Waals surface area (Å²) in [5.41, 5.74) is 1.18. The first-order chi connectivity index (χ1) is 12.3. The van der Waals surface area contributed by atoms with Crippen molar-refractivity contribution < 1.29 is 9.53 Å². The monoisotopic (exact) mass is 347 g/mol. The largest absolute Gasteiger partial charge is 0.497 e. The van der Waals surface area contributed by atoms with Gasteiger partial charge in [0, 0.05) is 13.0 Å². The van der Waals surface area contributed by atoms with Crippen LogP contribution in [0.1, 0.15) is 83.1 Å². The predicted octanol–water partition coefficient (Wildman–Crippen LogP) is 5.66. The van der Waals surface area contributed by atoms with E-state index in [4.69, 9.17) is 4.74 Å². The first kappa shape index (κ1) is 21.5. The topological polar surface area (TPSA) is 38.3 Å². The Morgan fingerprint density at radius 1 is 0.880 bits per heavy atom. The van der Waals surface area contributed by atoms with Gasteiger partial charge in [-0.15, -0.1) is 0 Å². The molecule has 142 valence electrons. The van der Waals surface area contributed by atoms with Gasteiger partial charge in [0.05, 0.1) is 7.11 Å². The number of unbranched alkanes of at least 4 members (excludes halogenated alkanes) is 9. The lowest BCUT2D eigenvalue weighted by Gasteiger charge is -2.06. The molecule has 0 saturated carbocycles. The van der Waals surface area contributed by atoms with Crippen molar-refractivity contribution >= 4 is 5.91 Å². The molecule has 0 aliphatic carbocycles. The van der Waals surface area contributed by atoms with Crippen LogP contribution in [0.2, 0.25) is 0 Å². The normalized spacial score (nSPS) is 10.6. The molecule has 0 atom stereocenters. The van der Waals surface area contributed by atoms with Gasteiger partial charge in [-0.25, -0.2) is 0 Å². The van der Waals surface area contributed by atoms with E-state index in [1.54, 1.807) is 7.11 Å². The molecule has 1 aromatic rings. The fourth-order valence-corrected chi connectivity index (χ4v) is 2.98. The van der Waals surface area contributed by atoms with Crippen LogP contribution in [0.25, 0.3) is 0 Å². The van der Waals surface area contributed by atoms with Gasteiger partial charge in [0.25, 0.3) is 0 Å². The highest BCUT2D eigenvalue weighted by Gasteiger charge is 2.02. The number of hydrogen-bond donors (Lipinski definition) is 1. The molecule has 1 amide bonds. The third kappa shape index (κ3) is 11.6. The van der Waals surface area contributed by atoms with Gasteiger partial charge in [0.1, 0.15) is 5.75 Å². The molecule has 1 aromatic carbocycles. The summed E-state index contributed by atoms with van der Waals surface area (Å²) < 4.78 is 5.14. The quantitative estimate of drug-likeness (QED) is 0.415. The predicted molar refractivity (Wildman–Crippen MR) is 106 cm³/mol. The van der Waals surface area contributed by atoms with Gasteiger partial charge in [0.2, 0.25) is 5.91 Å². The van der Waals surface area contributed by atoms with Gasteiger partial charge in [-0.2, -0.15) is 0 Å². The number of hydrogen-bond acceptors (Lipinski definition) is 2. The fourth-order valence-electron chi connectivity index (χ4n) is 2.98. The third-order valence-corrected chi connectivity index (χ3v) is 4.65. The van der Waals surface area contributed by atoms with Crippen LogP contribution in [-0.2, 0) is 11.2 Å². The second-order valence-electron chi connectivity index (χ2n) is 6.88. The van der Waals surface area contributed by atoms with Gasteiger partial charge in [-0.05, 0) is 30.5 Å². The third-order valence-electron chi connectivity index (χ3n) is 4.65. The van der Waals surface area contributed by atoms with Crippen molar-refractivity contribution in [3.63, 3.8) is 0 Å². The van der Waals surface area contributed by atoms with Crippen LogP contribution in [0, 0.1) is 0 Å². The van der Waals surface area contributed by atoms with Crippen molar-refractivity contribution in [1.82, 2.24) is 5.32 Å². The molecule has 0 aliphatic heterocycles. The van der Waals surface area contributed by atoms with Crippen molar-refractivity contribution in [3.8, 4) is 5.75 Å².